The van der Waals surface area contributed by atoms with E-state index in [2.05, 4.69) is 22.8 Å². The van der Waals surface area contributed by atoms with E-state index >= 15 is 0 Å². The number of aromatic nitrogens is 1. The fourth-order valence-corrected chi connectivity index (χ4v) is 3.52. The summed E-state index contributed by atoms with van der Waals surface area (Å²) >= 11 is 0. The van der Waals surface area contributed by atoms with Crippen LogP contribution in [-0.2, 0) is 6.54 Å². The summed E-state index contributed by atoms with van der Waals surface area (Å²) < 4.78 is 2.39. The Bertz CT molecular complexity index is 638. The number of ketones is 1. The number of aryl methyl sites for hydroxylation is 1. The van der Waals surface area contributed by atoms with Crippen molar-refractivity contribution in [2.24, 2.45) is 5.92 Å². The number of para-hydroxylation sites is 1. The molecule has 17 heavy (non-hydrogen) atoms. The average molecular weight is 225 g/mol. The lowest BCUT2D eigenvalue weighted by Gasteiger charge is -2.16. The van der Waals surface area contributed by atoms with Gasteiger partial charge in [-0.25, -0.2) is 0 Å². The number of carbonyl (C=O) groups is 1. The van der Waals surface area contributed by atoms with Crippen molar-refractivity contribution in [2.45, 2.75) is 32.2 Å². The molecule has 1 fully saturated rings. The van der Waals surface area contributed by atoms with E-state index < -0.39 is 0 Å². The first-order chi connectivity index (χ1) is 8.27. The number of rotatable bonds is 1. The molecular weight excluding hydrogens is 210 g/mol. The maximum Gasteiger partial charge on any atom is 0.162 e. The van der Waals surface area contributed by atoms with E-state index in [9.17, 15) is 4.79 Å². The van der Waals surface area contributed by atoms with E-state index in [0.717, 1.165) is 23.4 Å². The van der Waals surface area contributed by atoms with Crippen molar-refractivity contribution in [1.29, 1.82) is 0 Å². The second-order valence-corrected chi connectivity index (χ2v) is 5.38. The Morgan fingerprint density at radius 3 is 3.00 bits per heavy atom. The van der Waals surface area contributed by atoms with Gasteiger partial charge in [-0.2, -0.15) is 0 Å². The highest BCUT2D eigenvalue weighted by Gasteiger charge is 2.45. The van der Waals surface area contributed by atoms with Crippen LogP contribution in [0, 0.1) is 5.92 Å². The third-order valence-corrected chi connectivity index (χ3v) is 4.36. The van der Waals surface area contributed by atoms with Gasteiger partial charge >= 0.3 is 0 Å². The molecule has 2 nitrogen and oxygen atoms in total. The SMILES string of the molecule is CC(=O)c1c2n(c3ccccc13)CCC1CC21. The van der Waals surface area contributed by atoms with E-state index in [1.807, 2.05) is 6.07 Å². The van der Waals surface area contributed by atoms with E-state index in [0.29, 0.717) is 5.92 Å². The van der Waals surface area contributed by atoms with Crippen LogP contribution in [0.15, 0.2) is 24.3 Å². The first-order valence-corrected chi connectivity index (χ1v) is 6.39. The van der Waals surface area contributed by atoms with Gasteiger partial charge in [0.25, 0.3) is 0 Å². The molecular formula is C15H15NO. The predicted molar refractivity (Wildman–Crippen MR) is 67.4 cm³/mol. The average Bonchev–Trinajstić information content (AvgIpc) is 3.03. The number of fused-ring (bicyclic) bond motifs is 5. The van der Waals surface area contributed by atoms with Crippen LogP contribution in [-0.4, -0.2) is 10.4 Å². The summed E-state index contributed by atoms with van der Waals surface area (Å²) in [5, 5.41) is 1.16. The minimum Gasteiger partial charge on any atom is -0.344 e. The standard InChI is InChI=1S/C15H15NO/c1-9(17)14-11-4-2-3-5-13(11)16-7-6-10-8-12(10)15(14)16/h2-5,10,12H,6-8H2,1H3. The second-order valence-electron chi connectivity index (χ2n) is 5.38. The van der Waals surface area contributed by atoms with Gasteiger partial charge in [-0.3, -0.25) is 4.79 Å². The van der Waals surface area contributed by atoms with Gasteiger partial charge in [0.1, 0.15) is 0 Å². The number of hydrogen-bond acceptors (Lipinski definition) is 1. The van der Waals surface area contributed by atoms with Crippen LogP contribution in [0.4, 0.5) is 0 Å². The lowest BCUT2D eigenvalue weighted by molar-refractivity contribution is 0.101. The van der Waals surface area contributed by atoms with Crippen molar-refractivity contribution in [1.82, 2.24) is 4.57 Å². The molecule has 1 aliphatic carbocycles. The van der Waals surface area contributed by atoms with Crippen molar-refractivity contribution >= 4 is 16.7 Å². The molecule has 4 rings (SSSR count). The molecule has 2 atom stereocenters. The van der Waals surface area contributed by atoms with Crippen LogP contribution in [0.25, 0.3) is 10.9 Å². The Morgan fingerprint density at radius 1 is 1.35 bits per heavy atom. The molecule has 1 aromatic carbocycles. The molecule has 2 heteroatoms. The molecule has 0 N–H and O–H groups in total. The second kappa shape index (κ2) is 3.00. The zero-order chi connectivity index (χ0) is 11.6. The number of Topliss-reactive ketones (excluding diaryl/α,β-unsaturated/α-hetero) is 1. The largest absolute Gasteiger partial charge is 0.344 e. The monoisotopic (exact) mass is 225 g/mol. The van der Waals surface area contributed by atoms with Gasteiger partial charge < -0.3 is 4.57 Å². The molecule has 2 aromatic rings. The van der Waals surface area contributed by atoms with Gasteiger partial charge in [-0.1, -0.05) is 18.2 Å². The van der Waals surface area contributed by atoms with Gasteiger partial charge in [0, 0.05) is 34.6 Å². The van der Waals surface area contributed by atoms with Gasteiger partial charge in [-0.05, 0) is 31.7 Å². The van der Waals surface area contributed by atoms with Gasteiger partial charge in [-0.15, -0.1) is 0 Å². The lowest BCUT2D eigenvalue weighted by atomic mass is 10.0. The van der Waals surface area contributed by atoms with E-state index in [4.69, 9.17) is 0 Å². The normalized spacial score (nSPS) is 25.5. The highest BCUT2D eigenvalue weighted by atomic mass is 16.1. The molecule has 2 aliphatic rings. The molecule has 0 radical (unpaired) electrons. The summed E-state index contributed by atoms with van der Waals surface area (Å²) in [7, 11) is 0. The Kier molecular flexibility index (Phi) is 1.67. The van der Waals surface area contributed by atoms with Gasteiger partial charge in [0.2, 0.25) is 0 Å². The summed E-state index contributed by atoms with van der Waals surface area (Å²) in [6.45, 7) is 2.79. The third kappa shape index (κ3) is 1.13. The van der Waals surface area contributed by atoms with E-state index in [1.54, 1.807) is 6.92 Å². The fourth-order valence-electron chi connectivity index (χ4n) is 3.52. The van der Waals surface area contributed by atoms with Crippen LogP contribution in [0.2, 0.25) is 0 Å². The van der Waals surface area contributed by atoms with Crippen LogP contribution in [0.3, 0.4) is 0 Å². The maximum absolute atomic E-state index is 11.9. The lowest BCUT2D eigenvalue weighted by Crippen LogP contribution is -2.11. The number of nitrogens with zero attached hydrogens (tertiary/aromatic N) is 1. The van der Waals surface area contributed by atoms with Crippen molar-refractivity contribution in [3.63, 3.8) is 0 Å². The molecule has 1 saturated carbocycles. The highest BCUT2D eigenvalue weighted by molar-refractivity contribution is 6.08. The predicted octanol–water partition coefficient (Wildman–Crippen LogP) is 3.35. The molecule has 86 valence electrons. The minimum absolute atomic E-state index is 0.225. The highest BCUT2D eigenvalue weighted by Crippen LogP contribution is 2.55. The van der Waals surface area contributed by atoms with Crippen molar-refractivity contribution in [3.05, 3.63) is 35.5 Å². The summed E-state index contributed by atoms with van der Waals surface area (Å²) in [4.78, 5) is 11.9. The van der Waals surface area contributed by atoms with Crippen molar-refractivity contribution in [3.8, 4) is 0 Å². The summed E-state index contributed by atoms with van der Waals surface area (Å²) in [5.41, 5.74) is 3.57. The first-order valence-electron chi connectivity index (χ1n) is 6.39. The minimum atomic E-state index is 0.225. The van der Waals surface area contributed by atoms with Crippen molar-refractivity contribution in [2.75, 3.05) is 0 Å². The fraction of sp³-hybridized carbons (Fsp3) is 0.400. The Hall–Kier alpha value is -1.57. The summed E-state index contributed by atoms with van der Waals surface area (Å²) in [5.74, 6) is 1.74. The molecule has 0 amide bonds. The molecule has 1 aliphatic heterocycles. The molecule has 2 heterocycles. The van der Waals surface area contributed by atoms with Crippen molar-refractivity contribution < 1.29 is 4.79 Å². The summed E-state index contributed by atoms with van der Waals surface area (Å²) in [6.07, 6.45) is 2.57. The Labute approximate surface area is 100 Å². The summed E-state index contributed by atoms with van der Waals surface area (Å²) in [6, 6.07) is 8.34. The van der Waals surface area contributed by atoms with E-state index in [1.165, 1.54) is 24.1 Å². The quantitative estimate of drug-likeness (QED) is 0.682. The van der Waals surface area contributed by atoms with E-state index in [-0.39, 0.29) is 5.78 Å². The molecule has 0 spiro atoms. The van der Waals surface area contributed by atoms with Gasteiger partial charge in [0.05, 0.1) is 0 Å². The van der Waals surface area contributed by atoms with Crippen LogP contribution in [0.5, 0.6) is 0 Å². The molecule has 0 saturated heterocycles. The van der Waals surface area contributed by atoms with Crippen LogP contribution >= 0.6 is 0 Å². The first kappa shape index (κ1) is 9.46. The molecule has 0 bridgehead atoms. The Morgan fingerprint density at radius 2 is 2.18 bits per heavy atom. The smallest absolute Gasteiger partial charge is 0.162 e. The molecule has 1 aromatic heterocycles. The third-order valence-electron chi connectivity index (χ3n) is 4.36. The van der Waals surface area contributed by atoms with Crippen LogP contribution < -0.4 is 0 Å². The van der Waals surface area contributed by atoms with Gasteiger partial charge in [0.15, 0.2) is 5.78 Å². The zero-order valence-corrected chi connectivity index (χ0v) is 9.94. The van der Waals surface area contributed by atoms with Crippen LogP contribution in [0.1, 0.15) is 41.7 Å². The number of benzene rings is 1. The number of hydrogen-bond donors (Lipinski definition) is 0. The maximum atomic E-state index is 11.9. The Balaban J connectivity index is 2.13. The zero-order valence-electron chi connectivity index (χ0n) is 9.94. The number of carbonyl (C=O) groups excluding carboxylic acids is 1. The molecule has 2 unspecified atom stereocenters. The topological polar surface area (TPSA) is 22.0 Å².